The highest BCUT2D eigenvalue weighted by atomic mass is 16.2. The molecule has 3 N–H and O–H groups in total. The summed E-state index contributed by atoms with van der Waals surface area (Å²) in [5.74, 6) is -1.95. The molecular formula is C30H46N6O5. The fourth-order valence-electron chi connectivity index (χ4n) is 5.29. The zero-order chi connectivity index (χ0) is 30.1. The van der Waals surface area contributed by atoms with E-state index in [4.69, 9.17) is 0 Å². The summed E-state index contributed by atoms with van der Waals surface area (Å²) in [5, 5.41) is 8.50. The molecule has 41 heavy (non-hydrogen) atoms. The predicted molar refractivity (Wildman–Crippen MR) is 156 cm³/mol. The van der Waals surface area contributed by atoms with Crippen molar-refractivity contribution < 1.29 is 24.0 Å². The molecular weight excluding hydrogens is 524 g/mol. The van der Waals surface area contributed by atoms with E-state index in [0.717, 1.165) is 18.7 Å². The van der Waals surface area contributed by atoms with Crippen LogP contribution in [0.15, 0.2) is 30.3 Å². The third-order valence-corrected chi connectivity index (χ3v) is 7.96. The molecule has 0 spiro atoms. The second-order valence-electron chi connectivity index (χ2n) is 11.8. The normalized spacial score (nSPS) is 24.8. The van der Waals surface area contributed by atoms with Gasteiger partial charge in [0.05, 0.1) is 6.54 Å². The summed E-state index contributed by atoms with van der Waals surface area (Å²) >= 11 is 0. The topological polar surface area (TPSA) is 131 Å². The van der Waals surface area contributed by atoms with E-state index < -0.39 is 41.8 Å². The molecule has 11 heteroatoms. The summed E-state index contributed by atoms with van der Waals surface area (Å²) in [5.41, 5.74) is 0.869. The maximum absolute atomic E-state index is 13.5. The lowest BCUT2D eigenvalue weighted by atomic mass is 9.95. The number of carbonyl (C=O) groups is 5. The zero-order valence-corrected chi connectivity index (χ0v) is 25.0. The van der Waals surface area contributed by atoms with Crippen molar-refractivity contribution in [1.82, 2.24) is 30.7 Å². The third-order valence-electron chi connectivity index (χ3n) is 7.96. The molecule has 2 aliphatic rings. The fourth-order valence-corrected chi connectivity index (χ4v) is 5.29. The highest BCUT2D eigenvalue weighted by molar-refractivity contribution is 5.95. The van der Waals surface area contributed by atoms with Crippen LogP contribution in [-0.4, -0.2) is 109 Å². The van der Waals surface area contributed by atoms with E-state index in [1.54, 1.807) is 6.92 Å². The maximum Gasteiger partial charge on any atom is 0.245 e. The summed E-state index contributed by atoms with van der Waals surface area (Å²) in [7, 11) is 3.54. The number of likely N-dealkylation sites (tertiary alicyclic amines) is 1. The Morgan fingerprint density at radius 3 is 2.22 bits per heavy atom. The molecule has 3 rings (SSSR count). The van der Waals surface area contributed by atoms with Gasteiger partial charge in [-0.3, -0.25) is 24.0 Å². The Labute approximate surface area is 243 Å². The Balaban J connectivity index is 1.89. The predicted octanol–water partition coefficient (Wildman–Crippen LogP) is 0.392. The van der Waals surface area contributed by atoms with Crippen LogP contribution in [-0.2, 0) is 30.4 Å². The quantitative estimate of drug-likeness (QED) is 0.470. The first-order valence-corrected chi connectivity index (χ1v) is 14.6. The number of amides is 5. The Bertz CT molecular complexity index is 1070. The first-order chi connectivity index (χ1) is 19.5. The van der Waals surface area contributed by atoms with E-state index in [9.17, 15) is 24.0 Å². The van der Waals surface area contributed by atoms with E-state index in [1.807, 2.05) is 51.2 Å². The minimum atomic E-state index is -0.884. The summed E-state index contributed by atoms with van der Waals surface area (Å²) in [6.07, 6.45) is 2.03. The number of benzene rings is 1. The molecule has 3 atom stereocenters. The number of carbonyl (C=O) groups excluding carboxylic acids is 5. The van der Waals surface area contributed by atoms with Gasteiger partial charge in [-0.2, -0.15) is 0 Å². The first-order valence-electron chi connectivity index (χ1n) is 14.6. The summed E-state index contributed by atoms with van der Waals surface area (Å²) in [4.78, 5) is 71.8. The molecule has 0 radical (unpaired) electrons. The van der Waals surface area contributed by atoms with Gasteiger partial charge in [-0.15, -0.1) is 0 Å². The van der Waals surface area contributed by atoms with Crippen molar-refractivity contribution in [2.45, 2.75) is 64.6 Å². The highest BCUT2D eigenvalue weighted by Crippen LogP contribution is 2.19. The average Bonchev–Trinajstić information content (AvgIpc) is 2.94. The molecule has 2 heterocycles. The van der Waals surface area contributed by atoms with Gasteiger partial charge >= 0.3 is 0 Å². The maximum atomic E-state index is 13.5. The molecule has 2 fully saturated rings. The van der Waals surface area contributed by atoms with Crippen LogP contribution in [0.5, 0.6) is 0 Å². The zero-order valence-electron chi connectivity index (χ0n) is 25.0. The van der Waals surface area contributed by atoms with Gasteiger partial charge in [0.1, 0.15) is 18.1 Å². The summed E-state index contributed by atoms with van der Waals surface area (Å²) in [6.45, 7) is 7.13. The van der Waals surface area contributed by atoms with E-state index in [1.165, 1.54) is 16.8 Å². The molecule has 0 unspecified atom stereocenters. The van der Waals surface area contributed by atoms with E-state index >= 15 is 0 Å². The molecule has 0 bridgehead atoms. The standard InChI is InChI=1S/C30H46N6O5/c1-20(2)17-25-30(41)35(5)21(3)27(38)33-24(18-22-9-7-6-8-10-22)28(39)31-13-16-36(19-26(37)32-25)29(40)23-11-14-34(4)15-12-23/h6-10,20-21,23-25H,11-19H2,1-5H3,(H,31,39)(H,32,37)(H,33,38)/t21-,24-,25-/m0/s1. The lowest BCUT2D eigenvalue weighted by Gasteiger charge is -2.33. The number of piperidine rings is 1. The van der Waals surface area contributed by atoms with E-state index in [-0.39, 0.29) is 43.8 Å². The van der Waals surface area contributed by atoms with Crippen molar-refractivity contribution in [2.75, 3.05) is 46.8 Å². The molecule has 0 aromatic heterocycles. The van der Waals surface area contributed by atoms with Crippen LogP contribution in [0.4, 0.5) is 0 Å². The molecule has 5 amide bonds. The van der Waals surface area contributed by atoms with Crippen molar-refractivity contribution in [2.24, 2.45) is 11.8 Å². The Kier molecular flexibility index (Phi) is 11.7. The first kappa shape index (κ1) is 32.0. The van der Waals surface area contributed by atoms with Crippen LogP contribution in [0, 0.1) is 11.8 Å². The van der Waals surface area contributed by atoms with Crippen LogP contribution in [0.2, 0.25) is 0 Å². The smallest absolute Gasteiger partial charge is 0.245 e. The second kappa shape index (κ2) is 15.0. The number of likely N-dealkylation sites (N-methyl/N-ethyl adjacent to an activating group) is 1. The van der Waals surface area contributed by atoms with Gasteiger partial charge in [0.2, 0.25) is 29.5 Å². The Morgan fingerprint density at radius 2 is 1.59 bits per heavy atom. The van der Waals surface area contributed by atoms with Gasteiger partial charge < -0.3 is 30.7 Å². The summed E-state index contributed by atoms with van der Waals surface area (Å²) in [6, 6.07) is 6.74. The summed E-state index contributed by atoms with van der Waals surface area (Å²) < 4.78 is 0. The van der Waals surface area contributed by atoms with Gasteiger partial charge in [-0.25, -0.2) is 0 Å². The SMILES string of the molecule is CC(C)C[C@@H]1NC(=O)CN(C(=O)C2CCN(C)CC2)CCNC(=O)[C@H](Cc2ccccc2)NC(=O)[C@H](C)N(C)C1=O. The number of nitrogens with zero attached hydrogens (tertiary/aromatic N) is 3. The number of rotatable bonds is 5. The van der Waals surface area contributed by atoms with Crippen LogP contribution in [0.25, 0.3) is 0 Å². The van der Waals surface area contributed by atoms with Crippen LogP contribution >= 0.6 is 0 Å². The monoisotopic (exact) mass is 570 g/mol. The van der Waals surface area contributed by atoms with Gasteiger partial charge in [-0.05, 0) is 57.8 Å². The lowest BCUT2D eigenvalue weighted by Crippen LogP contribution is -2.57. The lowest BCUT2D eigenvalue weighted by molar-refractivity contribution is -0.143. The van der Waals surface area contributed by atoms with Crippen molar-refractivity contribution in [1.29, 1.82) is 0 Å². The molecule has 11 nitrogen and oxygen atoms in total. The Hall–Kier alpha value is -3.47. The van der Waals surface area contributed by atoms with Gasteiger partial charge in [0, 0.05) is 32.5 Å². The Morgan fingerprint density at radius 1 is 0.927 bits per heavy atom. The number of nitrogens with one attached hydrogen (secondary N) is 3. The van der Waals surface area contributed by atoms with E-state index in [0.29, 0.717) is 19.3 Å². The molecule has 0 saturated carbocycles. The molecule has 0 aliphatic carbocycles. The largest absolute Gasteiger partial charge is 0.353 e. The minimum Gasteiger partial charge on any atom is -0.353 e. The van der Waals surface area contributed by atoms with E-state index in [2.05, 4.69) is 20.9 Å². The second-order valence-corrected chi connectivity index (χ2v) is 11.8. The number of hydrogen-bond acceptors (Lipinski definition) is 6. The van der Waals surface area contributed by atoms with Gasteiger partial charge in [0.25, 0.3) is 0 Å². The van der Waals surface area contributed by atoms with Crippen LogP contribution in [0.3, 0.4) is 0 Å². The van der Waals surface area contributed by atoms with Crippen molar-refractivity contribution >= 4 is 29.5 Å². The van der Waals surface area contributed by atoms with Crippen molar-refractivity contribution in [3.05, 3.63) is 35.9 Å². The van der Waals surface area contributed by atoms with Crippen LogP contribution < -0.4 is 16.0 Å². The van der Waals surface area contributed by atoms with Gasteiger partial charge in [0.15, 0.2) is 0 Å². The third kappa shape index (κ3) is 9.27. The fraction of sp³-hybridized carbons (Fsp3) is 0.633. The highest BCUT2D eigenvalue weighted by Gasteiger charge is 2.34. The molecule has 2 saturated heterocycles. The number of hydrogen-bond donors (Lipinski definition) is 3. The molecule has 1 aromatic rings. The average molecular weight is 571 g/mol. The molecule has 1 aromatic carbocycles. The molecule has 2 aliphatic heterocycles. The molecule has 226 valence electrons. The van der Waals surface area contributed by atoms with Gasteiger partial charge in [-0.1, -0.05) is 44.2 Å². The van der Waals surface area contributed by atoms with Crippen LogP contribution in [0.1, 0.15) is 45.6 Å². The minimum absolute atomic E-state index is 0.0953. The van der Waals surface area contributed by atoms with Crippen molar-refractivity contribution in [3.8, 4) is 0 Å². The van der Waals surface area contributed by atoms with Crippen molar-refractivity contribution in [3.63, 3.8) is 0 Å².